The molecule has 2 heterocycles. The molecular weight excluding hydrogens is 452 g/mol. The van der Waals surface area contributed by atoms with E-state index in [1.165, 1.54) is 11.1 Å². The molecule has 0 bridgehead atoms. The Morgan fingerprint density at radius 2 is 1.68 bits per heavy atom. The first-order chi connectivity index (χ1) is 15.9. The van der Waals surface area contributed by atoms with E-state index in [1.54, 1.807) is 12.1 Å². The van der Waals surface area contributed by atoms with Crippen LogP contribution in [0.1, 0.15) is 49.5 Å². The molecule has 1 aromatic carbocycles. The lowest BCUT2D eigenvalue weighted by Gasteiger charge is -2.50. The minimum absolute atomic E-state index is 0.113. The third kappa shape index (κ3) is 4.84. The summed E-state index contributed by atoms with van der Waals surface area (Å²) in [4.78, 5) is 28.2. The monoisotopic (exact) mass is 486 g/mol. The van der Waals surface area contributed by atoms with Crippen LogP contribution in [0, 0.1) is 10.8 Å². The third-order valence-corrected chi connectivity index (χ3v) is 9.29. The summed E-state index contributed by atoms with van der Waals surface area (Å²) in [5.74, 6) is -0.460. The Hall–Kier alpha value is -2.45. The molecule has 1 aliphatic carbocycles. The molecular formula is C26H34N2O5S. The molecule has 1 amide bonds. The summed E-state index contributed by atoms with van der Waals surface area (Å²) in [6, 6.07) is 7.06. The van der Waals surface area contributed by atoms with Crippen molar-refractivity contribution < 1.29 is 23.1 Å². The lowest BCUT2D eigenvalue weighted by molar-refractivity contribution is -0.132. The maximum Gasteiger partial charge on any atom is 0.335 e. The van der Waals surface area contributed by atoms with Gasteiger partial charge in [0.05, 0.1) is 17.1 Å². The van der Waals surface area contributed by atoms with Gasteiger partial charge in [-0.1, -0.05) is 50.6 Å². The Bertz CT molecular complexity index is 1140. The fourth-order valence-corrected chi connectivity index (χ4v) is 7.05. The van der Waals surface area contributed by atoms with E-state index < -0.39 is 15.8 Å². The maximum absolute atomic E-state index is 13.0. The van der Waals surface area contributed by atoms with Crippen LogP contribution in [0.4, 0.5) is 0 Å². The quantitative estimate of drug-likeness (QED) is 0.643. The lowest BCUT2D eigenvalue weighted by Crippen LogP contribution is -2.49. The summed E-state index contributed by atoms with van der Waals surface area (Å²) in [5.41, 5.74) is 3.44. The van der Waals surface area contributed by atoms with Crippen LogP contribution >= 0.6 is 0 Å². The fraction of sp³-hybridized carbons (Fsp3) is 0.538. The molecule has 3 aliphatic rings. The first-order valence-electron chi connectivity index (χ1n) is 11.9. The van der Waals surface area contributed by atoms with E-state index in [0.717, 1.165) is 12.0 Å². The molecule has 0 unspecified atom stereocenters. The third-order valence-electron chi connectivity index (χ3n) is 7.68. The van der Waals surface area contributed by atoms with Crippen LogP contribution in [0.15, 0.2) is 42.0 Å². The van der Waals surface area contributed by atoms with Crippen molar-refractivity contribution in [1.82, 2.24) is 9.80 Å². The van der Waals surface area contributed by atoms with E-state index in [0.29, 0.717) is 39.1 Å². The van der Waals surface area contributed by atoms with Crippen LogP contribution in [0.2, 0.25) is 0 Å². The van der Waals surface area contributed by atoms with Gasteiger partial charge in [-0.25, -0.2) is 13.2 Å². The van der Waals surface area contributed by atoms with Gasteiger partial charge >= 0.3 is 5.97 Å². The lowest BCUT2D eigenvalue weighted by atomic mass is 9.58. The average Bonchev–Trinajstić information content (AvgIpc) is 2.77. The number of hydrogen-bond acceptors (Lipinski definition) is 5. The van der Waals surface area contributed by atoms with Crippen LogP contribution in [-0.2, 0) is 14.6 Å². The van der Waals surface area contributed by atoms with Crippen molar-refractivity contribution in [2.24, 2.45) is 10.8 Å². The molecule has 1 atom stereocenters. The minimum Gasteiger partial charge on any atom is -0.478 e. The normalized spacial score (nSPS) is 26.3. The number of allylic oxidation sites excluding steroid dienone is 2. The molecule has 0 aromatic heterocycles. The SMILES string of the molecule is CC1(C)C(c2ccc(C(=O)O)cc2)=CC[C@]2(C)CN(C(=O)CCN3CCS(=O)(=O)CC3)CC=C12. The highest BCUT2D eigenvalue weighted by Gasteiger charge is 2.46. The van der Waals surface area contributed by atoms with E-state index in [4.69, 9.17) is 0 Å². The van der Waals surface area contributed by atoms with Gasteiger partial charge in [0.1, 0.15) is 0 Å². The average molecular weight is 487 g/mol. The van der Waals surface area contributed by atoms with Gasteiger partial charge in [-0.2, -0.15) is 0 Å². The van der Waals surface area contributed by atoms with Gasteiger partial charge in [-0.3, -0.25) is 4.79 Å². The zero-order valence-electron chi connectivity index (χ0n) is 20.2. The zero-order chi connectivity index (χ0) is 24.7. The van der Waals surface area contributed by atoms with Gasteiger partial charge < -0.3 is 14.9 Å². The van der Waals surface area contributed by atoms with Gasteiger partial charge in [-0.15, -0.1) is 0 Å². The maximum atomic E-state index is 13.0. The summed E-state index contributed by atoms with van der Waals surface area (Å²) < 4.78 is 23.2. The number of nitrogens with zero attached hydrogens (tertiary/aromatic N) is 2. The van der Waals surface area contributed by atoms with Gasteiger partial charge in [-0.05, 0) is 29.7 Å². The Labute approximate surface area is 202 Å². The molecule has 0 saturated carbocycles. The number of hydrogen-bond donors (Lipinski definition) is 1. The number of carbonyl (C=O) groups excluding carboxylic acids is 1. The number of carbonyl (C=O) groups is 2. The number of carboxylic acid groups (broad SMARTS) is 1. The second-order valence-electron chi connectivity index (χ2n) is 10.5. The molecule has 7 nitrogen and oxygen atoms in total. The van der Waals surface area contributed by atoms with E-state index in [1.807, 2.05) is 17.0 Å². The molecule has 0 radical (unpaired) electrons. The number of fused-ring (bicyclic) bond motifs is 1. The number of carboxylic acids is 1. The summed E-state index contributed by atoms with van der Waals surface area (Å²) in [7, 11) is -2.91. The molecule has 34 heavy (non-hydrogen) atoms. The van der Waals surface area contributed by atoms with Crippen LogP contribution in [0.25, 0.3) is 5.57 Å². The van der Waals surface area contributed by atoms with Crippen LogP contribution in [-0.4, -0.2) is 79.4 Å². The Morgan fingerprint density at radius 1 is 1.03 bits per heavy atom. The van der Waals surface area contributed by atoms with E-state index in [2.05, 4.69) is 37.8 Å². The molecule has 8 heteroatoms. The number of benzene rings is 1. The first-order valence-corrected chi connectivity index (χ1v) is 13.7. The highest BCUT2D eigenvalue weighted by molar-refractivity contribution is 7.91. The van der Waals surface area contributed by atoms with Crippen molar-refractivity contribution in [2.45, 2.75) is 33.6 Å². The fourth-order valence-electron chi connectivity index (χ4n) is 5.78. The summed E-state index contributed by atoms with van der Waals surface area (Å²) in [6.07, 6.45) is 5.66. The Balaban J connectivity index is 1.44. The number of amides is 1. The van der Waals surface area contributed by atoms with Crippen LogP contribution in [0.5, 0.6) is 0 Å². The second kappa shape index (κ2) is 8.96. The van der Waals surface area contributed by atoms with Crippen LogP contribution in [0.3, 0.4) is 0 Å². The van der Waals surface area contributed by atoms with Gasteiger partial charge in [0.2, 0.25) is 5.91 Å². The number of sulfone groups is 1. The van der Waals surface area contributed by atoms with Crippen LogP contribution < -0.4 is 0 Å². The van der Waals surface area contributed by atoms with E-state index >= 15 is 0 Å². The molecule has 1 N–H and O–H groups in total. The predicted octanol–water partition coefficient (Wildman–Crippen LogP) is 3.09. The molecule has 4 rings (SSSR count). The number of rotatable bonds is 5. The number of aromatic carboxylic acids is 1. The van der Waals surface area contributed by atoms with Crippen molar-refractivity contribution in [3.05, 3.63) is 53.1 Å². The standard InChI is InChI=1S/C26H34N2O5S/c1-25(2)21(19-4-6-20(7-5-19)24(30)31)8-11-26(3)18-28(13-9-22(25)26)23(29)10-12-27-14-16-34(32,33)17-15-27/h4-9H,10-18H2,1-3H3,(H,30,31)/t26-/m1/s1. The van der Waals surface area contributed by atoms with Crippen molar-refractivity contribution in [3.63, 3.8) is 0 Å². The van der Waals surface area contributed by atoms with Crippen molar-refractivity contribution in [2.75, 3.05) is 44.2 Å². The summed E-state index contributed by atoms with van der Waals surface area (Å²) in [6.45, 7) is 9.48. The molecule has 1 fully saturated rings. The highest BCUT2D eigenvalue weighted by atomic mass is 32.2. The summed E-state index contributed by atoms with van der Waals surface area (Å²) >= 11 is 0. The minimum atomic E-state index is -2.91. The van der Waals surface area contributed by atoms with E-state index in [-0.39, 0.29) is 33.8 Å². The topological polar surface area (TPSA) is 95.0 Å². The molecule has 184 valence electrons. The molecule has 1 saturated heterocycles. The largest absolute Gasteiger partial charge is 0.478 e. The van der Waals surface area contributed by atoms with E-state index in [9.17, 15) is 23.1 Å². The molecule has 2 aliphatic heterocycles. The van der Waals surface area contributed by atoms with Gasteiger partial charge in [0.15, 0.2) is 9.84 Å². The Kier molecular flexibility index (Phi) is 6.50. The molecule has 0 spiro atoms. The smallest absolute Gasteiger partial charge is 0.335 e. The summed E-state index contributed by atoms with van der Waals surface area (Å²) in [5, 5.41) is 9.20. The van der Waals surface area contributed by atoms with Crippen molar-refractivity contribution in [3.8, 4) is 0 Å². The second-order valence-corrected chi connectivity index (χ2v) is 12.8. The van der Waals surface area contributed by atoms with Gasteiger partial charge in [0, 0.05) is 50.0 Å². The highest BCUT2D eigenvalue weighted by Crippen LogP contribution is 2.55. The predicted molar refractivity (Wildman–Crippen MR) is 132 cm³/mol. The van der Waals surface area contributed by atoms with Crippen molar-refractivity contribution in [1.29, 1.82) is 0 Å². The Morgan fingerprint density at radius 3 is 2.29 bits per heavy atom. The van der Waals surface area contributed by atoms with Crippen molar-refractivity contribution >= 4 is 27.3 Å². The van der Waals surface area contributed by atoms with Gasteiger partial charge in [0.25, 0.3) is 0 Å². The molecule has 1 aromatic rings. The first kappa shape index (κ1) is 24.7. The zero-order valence-corrected chi connectivity index (χ0v) is 21.0.